The van der Waals surface area contributed by atoms with Gasteiger partial charge in [-0.1, -0.05) is 84.9 Å². The first-order valence-corrected chi connectivity index (χ1v) is 16.7. The number of hydrogen-bond donors (Lipinski definition) is 0. The average molecular weight is 642 g/mol. The Kier molecular flexibility index (Phi) is 7.41. The molecule has 9 rings (SSSR count). The van der Waals surface area contributed by atoms with E-state index in [4.69, 9.17) is 0 Å². The number of anilines is 3. The van der Waals surface area contributed by atoms with E-state index in [-0.39, 0.29) is 0 Å². The van der Waals surface area contributed by atoms with Gasteiger partial charge in [-0.2, -0.15) is 0 Å². The van der Waals surface area contributed by atoms with Crippen molar-refractivity contribution in [2.45, 2.75) is 0 Å². The summed E-state index contributed by atoms with van der Waals surface area (Å²) in [5.41, 5.74) is 12.1. The SMILES string of the molecule is c1ccc(-c2cc(N(c3ccc(-c4cccnc4)cc3)c3ccc(-c4ncccn4)cc3)cc3c4ccccc4n(-c4ccccc4)c23)cc1. The Hall–Kier alpha value is -6.85. The van der Waals surface area contributed by atoms with Crippen LogP contribution in [0.25, 0.3) is 61.1 Å². The molecule has 236 valence electrons. The van der Waals surface area contributed by atoms with Gasteiger partial charge in [-0.05, 0) is 95.6 Å². The van der Waals surface area contributed by atoms with Crippen LogP contribution < -0.4 is 4.90 Å². The summed E-state index contributed by atoms with van der Waals surface area (Å²) < 4.78 is 2.40. The third kappa shape index (κ3) is 5.27. The van der Waals surface area contributed by atoms with Crippen LogP contribution in [0.15, 0.2) is 189 Å². The van der Waals surface area contributed by atoms with Crippen molar-refractivity contribution in [2.24, 2.45) is 0 Å². The number of para-hydroxylation sites is 2. The first-order valence-electron chi connectivity index (χ1n) is 16.7. The summed E-state index contributed by atoms with van der Waals surface area (Å²) in [4.78, 5) is 15.6. The topological polar surface area (TPSA) is 46.8 Å². The Morgan fingerprint density at radius 1 is 0.440 bits per heavy atom. The molecule has 0 radical (unpaired) electrons. The van der Waals surface area contributed by atoms with Crippen molar-refractivity contribution in [3.05, 3.63) is 189 Å². The van der Waals surface area contributed by atoms with E-state index in [1.807, 2.05) is 18.3 Å². The molecule has 0 saturated heterocycles. The predicted molar refractivity (Wildman–Crippen MR) is 205 cm³/mol. The Morgan fingerprint density at radius 2 is 1.08 bits per heavy atom. The number of rotatable bonds is 7. The molecule has 5 nitrogen and oxygen atoms in total. The number of nitrogens with zero attached hydrogens (tertiary/aromatic N) is 5. The van der Waals surface area contributed by atoms with Gasteiger partial charge in [-0.3, -0.25) is 4.98 Å². The highest BCUT2D eigenvalue weighted by Gasteiger charge is 2.21. The quantitative estimate of drug-likeness (QED) is 0.174. The molecule has 0 aliphatic heterocycles. The molecule has 0 unspecified atom stereocenters. The van der Waals surface area contributed by atoms with Crippen molar-refractivity contribution in [3.8, 4) is 39.3 Å². The fraction of sp³-hybridized carbons (Fsp3) is 0. The van der Waals surface area contributed by atoms with Crippen molar-refractivity contribution in [1.82, 2.24) is 19.5 Å². The molecule has 50 heavy (non-hydrogen) atoms. The molecule has 9 aromatic rings. The van der Waals surface area contributed by atoms with Gasteiger partial charge in [0.15, 0.2) is 5.82 Å². The van der Waals surface area contributed by atoms with Crippen LogP contribution in [0.3, 0.4) is 0 Å². The highest BCUT2D eigenvalue weighted by atomic mass is 15.1. The van der Waals surface area contributed by atoms with Crippen LogP contribution >= 0.6 is 0 Å². The molecular formula is C45H31N5. The van der Waals surface area contributed by atoms with Crippen LogP contribution in [-0.4, -0.2) is 19.5 Å². The van der Waals surface area contributed by atoms with Gasteiger partial charge in [0.1, 0.15) is 0 Å². The van der Waals surface area contributed by atoms with Gasteiger partial charge in [0, 0.05) is 69.4 Å². The smallest absolute Gasteiger partial charge is 0.159 e. The minimum Gasteiger partial charge on any atom is -0.310 e. The lowest BCUT2D eigenvalue weighted by Gasteiger charge is -2.27. The Labute approximate surface area is 290 Å². The maximum atomic E-state index is 4.48. The lowest BCUT2D eigenvalue weighted by molar-refractivity contribution is 1.17. The van der Waals surface area contributed by atoms with Crippen LogP contribution in [0.4, 0.5) is 17.1 Å². The highest BCUT2D eigenvalue weighted by Crippen LogP contribution is 2.44. The second kappa shape index (κ2) is 12.6. The maximum absolute atomic E-state index is 4.48. The largest absolute Gasteiger partial charge is 0.310 e. The van der Waals surface area contributed by atoms with Crippen molar-refractivity contribution in [3.63, 3.8) is 0 Å². The third-order valence-corrected chi connectivity index (χ3v) is 9.18. The molecule has 0 aliphatic rings. The van der Waals surface area contributed by atoms with Gasteiger partial charge in [0.05, 0.1) is 11.0 Å². The number of pyridine rings is 1. The molecule has 0 fully saturated rings. The third-order valence-electron chi connectivity index (χ3n) is 9.18. The van der Waals surface area contributed by atoms with E-state index in [9.17, 15) is 0 Å². The van der Waals surface area contributed by atoms with E-state index < -0.39 is 0 Å². The summed E-state index contributed by atoms with van der Waals surface area (Å²) in [5.74, 6) is 0.702. The van der Waals surface area contributed by atoms with Gasteiger partial charge in [-0.15, -0.1) is 0 Å². The van der Waals surface area contributed by atoms with Gasteiger partial charge < -0.3 is 9.47 Å². The van der Waals surface area contributed by atoms with Crippen molar-refractivity contribution >= 4 is 38.9 Å². The molecule has 0 aliphatic carbocycles. The lowest BCUT2D eigenvalue weighted by Crippen LogP contribution is -2.10. The van der Waals surface area contributed by atoms with Gasteiger partial charge >= 0.3 is 0 Å². The van der Waals surface area contributed by atoms with E-state index in [0.29, 0.717) is 5.82 Å². The first-order chi connectivity index (χ1) is 24.8. The first kappa shape index (κ1) is 29.3. The predicted octanol–water partition coefficient (Wildman–Crippen LogP) is 11.4. The van der Waals surface area contributed by atoms with Gasteiger partial charge in [0.25, 0.3) is 0 Å². The zero-order valence-corrected chi connectivity index (χ0v) is 27.1. The van der Waals surface area contributed by atoms with E-state index in [1.54, 1.807) is 18.6 Å². The number of fused-ring (bicyclic) bond motifs is 3. The molecule has 3 aromatic heterocycles. The summed E-state index contributed by atoms with van der Waals surface area (Å²) in [7, 11) is 0. The Balaban J connectivity index is 1.30. The summed E-state index contributed by atoms with van der Waals surface area (Å²) in [6.07, 6.45) is 7.26. The zero-order chi connectivity index (χ0) is 33.3. The van der Waals surface area contributed by atoms with Crippen LogP contribution in [-0.2, 0) is 0 Å². The molecule has 0 saturated carbocycles. The number of hydrogen-bond acceptors (Lipinski definition) is 4. The fourth-order valence-electron chi connectivity index (χ4n) is 6.89. The zero-order valence-electron chi connectivity index (χ0n) is 27.1. The van der Waals surface area contributed by atoms with Crippen molar-refractivity contribution in [2.75, 3.05) is 4.90 Å². The summed E-state index contributed by atoms with van der Waals surface area (Å²) >= 11 is 0. The molecule has 0 spiro atoms. The number of benzene rings is 6. The van der Waals surface area contributed by atoms with E-state index in [2.05, 4.69) is 176 Å². The van der Waals surface area contributed by atoms with Crippen LogP contribution in [0.5, 0.6) is 0 Å². The van der Waals surface area contributed by atoms with Gasteiger partial charge in [-0.25, -0.2) is 9.97 Å². The van der Waals surface area contributed by atoms with Crippen LogP contribution in [0.2, 0.25) is 0 Å². The molecule has 0 atom stereocenters. The van der Waals surface area contributed by atoms with E-state index >= 15 is 0 Å². The molecule has 0 N–H and O–H groups in total. The normalized spacial score (nSPS) is 11.2. The minimum absolute atomic E-state index is 0.702. The molecule has 5 heteroatoms. The number of aromatic nitrogens is 4. The lowest BCUT2D eigenvalue weighted by atomic mass is 9.99. The monoisotopic (exact) mass is 641 g/mol. The molecular weight excluding hydrogens is 611 g/mol. The van der Waals surface area contributed by atoms with Crippen LogP contribution in [0, 0.1) is 0 Å². The summed E-state index contributed by atoms with van der Waals surface area (Å²) in [5, 5.41) is 2.39. The molecule has 0 bridgehead atoms. The Bertz CT molecular complexity index is 2460. The fourth-order valence-corrected chi connectivity index (χ4v) is 6.89. The summed E-state index contributed by atoms with van der Waals surface area (Å²) in [6, 6.07) is 57.8. The van der Waals surface area contributed by atoms with Crippen molar-refractivity contribution in [1.29, 1.82) is 0 Å². The van der Waals surface area contributed by atoms with Crippen molar-refractivity contribution < 1.29 is 0 Å². The van der Waals surface area contributed by atoms with Gasteiger partial charge in [0.2, 0.25) is 0 Å². The second-order valence-corrected chi connectivity index (χ2v) is 12.2. The van der Waals surface area contributed by atoms with Crippen LogP contribution in [0.1, 0.15) is 0 Å². The highest BCUT2D eigenvalue weighted by molar-refractivity contribution is 6.15. The molecule has 6 aromatic carbocycles. The maximum Gasteiger partial charge on any atom is 0.159 e. The minimum atomic E-state index is 0.702. The van der Waals surface area contributed by atoms with E-state index in [1.165, 1.54) is 21.8 Å². The standard InChI is InChI=1S/C45H31N5/c1-3-11-33(12-4-1)41-29-39(30-42-40-16-7-8-17-43(40)50(44(41)42)36-14-5-2-6-15-36)49(37-22-18-32(19-23-37)35-13-9-26-46-31-35)38-24-20-34(21-25-38)45-47-27-10-28-48-45/h1-31H. The molecule has 3 heterocycles. The van der Waals surface area contributed by atoms with E-state index in [0.717, 1.165) is 50.6 Å². The average Bonchev–Trinajstić information content (AvgIpc) is 3.54. The second-order valence-electron chi connectivity index (χ2n) is 12.2. The Morgan fingerprint density at radius 3 is 1.78 bits per heavy atom. The molecule has 0 amide bonds. The summed E-state index contributed by atoms with van der Waals surface area (Å²) in [6.45, 7) is 0.